The molecule has 5 nitrogen and oxygen atoms in total. The monoisotopic (exact) mass is 410 g/mol. The highest BCUT2D eigenvalue weighted by Crippen LogP contribution is 2.26. The lowest BCUT2D eigenvalue weighted by Crippen LogP contribution is -2.18. The Labute approximate surface area is 173 Å². The first kappa shape index (κ1) is 19.0. The van der Waals surface area contributed by atoms with Gasteiger partial charge in [0, 0.05) is 35.5 Å². The summed E-state index contributed by atoms with van der Waals surface area (Å²) < 4.78 is 1.07. The summed E-state index contributed by atoms with van der Waals surface area (Å²) in [6.07, 6.45) is 4.30. The van der Waals surface area contributed by atoms with E-state index in [0.717, 1.165) is 34.6 Å². The van der Waals surface area contributed by atoms with Gasteiger partial charge < -0.3 is 10.2 Å². The van der Waals surface area contributed by atoms with Gasteiger partial charge in [0.25, 0.3) is 5.91 Å². The van der Waals surface area contributed by atoms with E-state index in [1.807, 2.05) is 49.5 Å². The van der Waals surface area contributed by atoms with Gasteiger partial charge >= 0.3 is 0 Å². The molecule has 0 atom stereocenters. The summed E-state index contributed by atoms with van der Waals surface area (Å²) in [5.41, 5.74) is 3.97. The lowest BCUT2D eigenvalue weighted by molar-refractivity contribution is 0.102. The molecule has 3 heterocycles. The fourth-order valence-electron chi connectivity index (χ4n) is 3.11. The molecule has 1 amide bonds. The summed E-state index contributed by atoms with van der Waals surface area (Å²) in [6.45, 7) is 4.17. The standard InChI is InChI=1S/C21H22N4OS2/c1-15-13-27-21(23-15)28-14-16-4-6-17(7-5-16)20(26)24-19-9-8-18(12-22-19)25-10-2-3-11-25/h4-9,12-13H,2-3,10-11,14H2,1H3,(H,22,24,26). The number of pyridine rings is 1. The molecule has 0 saturated carbocycles. The van der Waals surface area contributed by atoms with Crippen molar-refractivity contribution in [2.75, 3.05) is 23.3 Å². The third-order valence-electron chi connectivity index (χ3n) is 4.64. The van der Waals surface area contributed by atoms with Crippen molar-refractivity contribution < 1.29 is 4.79 Å². The topological polar surface area (TPSA) is 58.1 Å². The highest BCUT2D eigenvalue weighted by molar-refractivity contribution is 8.00. The zero-order valence-electron chi connectivity index (χ0n) is 15.7. The van der Waals surface area contributed by atoms with Crippen LogP contribution in [0.1, 0.15) is 34.5 Å². The van der Waals surface area contributed by atoms with E-state index in [0.29, 0.717) is 11.4 Å². The van der Waals surface area contributed by atoms with Gasteiger partial charge in [-0.25, -0.2) is 9.97 Å². The number of aryl methyl sites for hydroxylation is 1. The molecule has 0 bridgehead atoms. The number of nitrogens with one attached hydrogen (secondary N) is 1. The minimum absolute atomic E-state index is 0.142. The van der Waals surface area contributed by atoms with E-state index in [4.69, 9.17) is 0 Å². The van der Waals surface area contributed by atoms with Crippen LogP contribution in [0.3, 0.4) is 0 Å². The van der Waals surface area contributed by atoms with E-state index in [1.54, 1.807) is 23.1 Å². The van der Waals surface area contributed by atoms with Crippen molar-refractivity contribution in [3.05, 3.63) is 64.8 Å². The summed E-state index contributed by atoms with van der Waals surface area (Å²) >= 11 is 3.38. The van der Waals surface area contributed by atoms with Gasteiger partial charge in [-0.2, -0.15) is 0 Å². The Kier molecular flexibility index (Phi) is 5.92. The van der Waals surface area contributed by atoms with Gasteiger partial charge in [0.15, 0.2) is 0 Å². The fourth-order valence-corrected chi connectivity index (χ4v) is 4.91. The minimum atomic E-state index is -0.142. The van der Waals surface area contributed by atoms with Gasteiger partial charge in [0.2, 0.25) is 0 Å². The van der Waals surface area contributed by atoms with Crippen molar-refractivity contribution in [3.63, 3.8) is 0 Å². The lowest BCUT2D eigenvalue weighted by Gasteiger charge is -2.17. The SMILES string of the molecule is Cc1csc(SCc2ccc(C(=O)Nc3ccc(N4CCCC4)cn3)cc2)n1. The molecular formula is C21H22N4OS2. The maximum Gasteiger partial charge on any atom is 0.256 e. The first-order valence-electron chi connectivity index (χ1n) is 9.33. The Morgan fingerprint density at radius 3 is 2.61 bits per heavy atom. The van der Waals surface area contributed by atoms with E-state index in [1.165, 1.54) is 18.4 Å². The molecule has 3 aromatic rings. The number of anilines is 2. The van der Waals surface area contributed by atoms with Gasteiger partial charge in [0.1, 0.15) is 10.2 Å². The van der Waals surface area contributed by atoms with Crippen molar-refractivity contribution in [1.82, 2.24) is 9.97 Å². The fraction of sp³-hybridized carbons (Fsp3) is 0.286. The summed E-state index contributed by atoms with van der Waals surface area (Å²) in [6, 6.07) is 11.6. The number of nitrogens with zero attached hydrogens (tertiary/aromatic N) is 3. The molecule has 1 aliphatic rings. The summed E-state index contributed by atoms with van der Waals surface area (Å²) in [4.78, 5) is 23.6. The first-order valence-corrected chi connectivity index (χ1v) is 11.2. The van der Waals surface area contributed by atoms with Crippen molar-refractivity contribution in [2.45, 2.75) is 29.9 Å². The number of rotatable bonds is 6. The van der Waals surface area contributed by atoms with Crippen molar-refractivity contribution in [2.24, 2.45) is 0 Å². The van der Waals surface area contributed by atoms with Crippen LogP contribution < -0.4 is 10.2 Å². The predicted octanol–water partition coefficient (Wildman–Crippen LogP) is 4.99. The molecule has 1 fully saturated rings. The van der Waals surface area contributed by atoms with Gasteiger partial charge in [0.05, 0.1) is 11.9 Å². The van der Waals surface area contributed by atoms with Crippen LogP contribution in [-0.2, 0) is 5.75 Å². The average molecular weight is 411 g/mol. The molecule has 0 aliphatic carbocycles. The Morgan fingerprint density at radius 1 is 1.18 bits per heavy atom. The molecule has 1 N–H and O–H groups in total. The molecule has 1 aliphatic heterocycles. The van der Waals surface area contributed by atoms with Crippen molar-refractivity contribution in [1.29, 1.82) is 0 Å². The Morgan fingerprint density at radius 2 is 1.96 bits per heavy atom. The third-order valence-corrected chi connectivity index (χ3v) is 6.85. The minimum Gasteiger partial charge on any atom is -0.370 e. The number of carbonyl (C=O) groups is 1. The van der Waals surface area contributed by atoms with Crippen LogP contribution in [0, 0.1) is 6.92 Å². The Balaban J connectivity index is 1.32. The average Bonchev–Trinajstić information content (AvgIpc) is 3.39. The smallest absolute Gasteiger partial charge is 0.256 e. The van der Waals surface area contributed by atoms with Crippen LogP contribution in [0.2, 0.25) is 0 Å². The maximum absolute atomic E-state index is 12.5. The van der Waals surface area contributed by atoms with Gasteiger partial charge in [-0.05, 0) is 49.6 Å². The molecule has 0 unspecified atom stereocenters. The molecule has 28 heavy (non-hydrogen) atoms. The molecule has 144 valence electrons. The van der Waals surface area contributed by atoms with Gasteiger partial charge in [-0.3, -0.25) is 4.79 Å². The number of hydrogen-bond acceptors (Lipinski definition) is 6. The quantitative estimate of drug-likeness (QED) is 0.580. The summed E-state index contributed by atoms with van der Waals surface area (Å²) in [7, 11) is 0. The number of carbonyl (C=O) groups excluding carboxylic acids is 1. The zero-order chi connectivity index (χ0) is 19.3. The molecular weight excluding hydrogens is 388 g/mol. The molecule has 7 heteroatoms. The zero-order valence-corrected chi connectivity index (χ0v) is 17.4. The molecule has 4 rings (SSSR count). The Hall–Kier alpha value is -2.38. The number of benzene rings is 1. The second-order valence-corrected chi connectivity index (χ2v) is 8.87. The van der Waals surface area contributed by atoms with Crippen molar-refractivity contribution >= 4 is 40.5 Å². The number of thiazole rings is 1. The number of aromatic nitrogens is 2. The van der Waals surface area contributed by atoms with E-state index < -0.39 is 0 Å². The van der Waals surface area contributed by atoms with E-state index in [2.05, 4.69) is 25.6 Å². The molecule has 1 aromatic carbocycles. The normalized spacial score (nSPS) is 13.7. The van der Waals surface area contributed by atoms with Crippen LogP contribution in [0.25, 0.3) is 0 Å². The van der Waals surface area contributed by atoms with Crippen LogP contribution in [0.15, 0.2) is 52.3 Å². The predicted molar refractivity (Wildman–Crippen MR) is 116 cm³/mol. The lowest BCUT2D eigenvalue weighted by atomic mass is 10.1. The molecule has 2 aromatic heterocycles. The number of thioether (sulfide) groups is 1. The van der Waals surface area contributed by atoms with Crippen LogP contribution in [-0.4, -0.2) is 29.0 Å². The molecule has 0 spiro atoms. The highest BCUT2D eigenvalue weighted by Gasteiger charge is 2.13. The summed E-state index contributed by atoms with van der Waals surface area (Å²) in [5.74, 6) is 1.27. The van der Waals surface area contributed by atoms with Gasteiger partial charge in [-0.15, -0.1) is 11.3 Å². The van der Waals surface area contributed by atoms with E-state index in [9.17, 15) is 4.79 Å². The maximum atomic E-state index is 12.5. The first-order chi connectivity index (χ1) is 13.7. The second-order valence-electron chi connectivity index (χ2n) is 6.79. The number of amides is 1. The van der Waals surface area contributed by atoms with Crippen molar-refractivity contribution in [3.8, 4) is 0 Å². The number of hydrogen-bond donors (Lipinski definition) is 1. The molecule has 1 saturated heterocycles. The highest BCUT2D eigenvalue weighted by atomic mass is 32.2. The second kappa shape index (κ2) is 8.75. The van der Waals surface area contributed by atoms with E-state index >= 15 is 0 Å². The molecule has 0 radical (unpaired) electrons. The van der Waals surface area contributed by atoms with Crippen LogP contribution in [0.4, 0.5) is 11.5 Å². The summed E-state index contributed by atoms with van der Waals surface area (Å²) in [5, 5.41) is 4.93. The van der Waals surface area contributed by atoms with Gasteiger partial charge in [-0.1, -0.05) is 23.9 Å². The van der Waals surface area contributed by atoms with E-state index in [-0.39, 0.29) is 5.91 Å². The van der Waals surface area contributed by atoms with Crippen LogP contribution >= 0.6 is 23.1 Å². The Bertz CT molecular complexity index is 932. The van der Waals surface area contributed by atoms with Crippen LogP contribution in [0.5, 0.6) is 0 Å². The third kappa shape index (κ3) is 4.72. The largest absolute Gasteiger partial charge is 0.370 e.